The number of esters is 1. The summed E-state index contributed by atoms with van der Waals surface area (Å²) in [5.74, 6) is -0.0345. The molecule has 0 heterocycles. The third-order valence-corrected chi connectivity index (χ3v) is 7.22. The van der Waals surface area contributed by atoms with Crippen LogP contribution in [0, 0.1) is 5.92 Å². The lowest BCUT2D eigenvalue weighted by Gasteiger charge is -2.33. The first-order valence-electron chi connectivity index (χ1n) is 14.2. The first-order valence-corrected chi connectivity index (χ1v) is 15.7. The summed E-state index contributed by atoms with van der Waals surface area (Å²) in [6.07, 6.45) is 22.5. The van der Waals surface area contributed by atoms with E-state index in [9.17, 15) is 9.36 Å². The third-order valence-electron chi connectivity index (χ3n) is 6.70. The Morgan fingerprint density at radius 3 is 1.63 bits per heavy atom. The Bertz CT molecular complexity index is 552. The molecule has 1 unspecified atom stereocenters. The van der Waals surface area contributed by atoms with E-state index < -0.39 is 7.82 Å². The van der Waals surface area contributed by atoms with Crippen LogP contribution in [0.2, 0.25) is 0 Å². The smallest absolute Gasteiger partial charge is 0.465 e. The summed E-state index contributed by atoms with van der Waals surface area (Å²) >= 11 is 0. The van der Waals surface area contributed by atoms with Gasteiger partial charge in [0.05, 0.1) is 27.2 Å². The molecule has 0 aliphatic carbocycles. The number of hydrogen-bond acceptors (Lipinski definition) is 4. The molecule has 0 saturated heterocycles. The molecule has 2 N–H and O–H groups in total. The van der Waals surface area contributed by atoms with Crippen molar-refractivity contribution >= 4 is 13.8 Å². The van der Waals surface area contributed by atoms with E-state index >= 15 is 0 Å². The van der Waals surface area contributed by atoms with E-state index in [0.717, 1.165) is 19.4 Å². The van der Waals surface area contributed by atoms with Crippen LogP contribution in [0.15, 0.2) is 0 Å². The van der Waals surface area contributed by atoms with Crippen molar-refractivity contribution in [2.24, 2.45) is 5.92 Å². The van der Waals surface area contributed by atoms with Crippen LogP contribution in [0.25, 0.3) is 0 Å². The van der Waals surface area contributed by atoms with Crippen molar-refractivity contribution in [1.29, 1.82) is 0 Å². The maximum atomic E-state index is 11.3. The van der Waals surface area contributed by atoms with Gasteiger partial charge in [-0.1, -0.05) is 110 Å². The van der Waals surface area contributed by atoms with E-state index in [1.807, 2.05) is 14.1 Å². The van der Waals surface area contributed by atoms with Gasteiger partial charge >= 0.3 is 13.8 Å². The van der Waals surface area contributed by atoms with Gasteiger partial charge in [0, 0.05) is 12.8 Å². The third kappa shape index (κ3) is 26.4. The fourth-order valence-electron chi connectivity index (χ4n) is 4.64. The van der Waals surface area contributed by atoms with Gasteiger partial charge in [-0.3, -0.25) is 9.32 Å². The van der Waals surface area contributed by atoms with Crippen molar-refractivity contribution in [3.63, 3.8) is 0 Å². The standard InChI is InChI=1S/C27H56NO6P/c1-5-6-7-8-9-10-11-12-13-14-15-16-17-18-19-20-21-27(25-33-26(2)29)24-28(3,4)22-23-34-35(30,31)32/h27H,5-25H2,1-4H3,(H-,30,31,32)/p+1. The van der Waals surface area contributed by atoms with Gasteiger partial charge in [-0.15, -0.1) is 0 Å². The topological polar surface area (TPSA) is 93.1 Å². The number of phosphoric acid groups is 1. The van der Waals surface area contributed by atoms with E-state index in [-0.39, 0.29) is 18.5 Å². The number of likely N-dealkylation sites (N-methyl/N-ethyl adjacent to an activating group) is 1. The lowest BCUT2D eigenvalue weighted by atomic mass is 9.99. The number of hydrogen-bond donors (Lipinski definition) is 2. The molecule has 210 valence electrons. The van der Waals surface area contributed by atoms with Gasteiger partial charge in [-0.2, -0.15) is 0 Å². The number of unbranched alkanes of at least 4 members (excludes halogenated alkanes) is 15. The molecule has 0 amide bonds. The summed E-state index contributed by atoms with van der Waals surface area (Å²) in [5.41, 5.74) is 0. The number of rotatable bonds is 25. The molecular formula is C27H57NO6P+. The molecule has 0 aromatic rings. The minimum absolute atomic E-state index is 0.00336. The zero-order valence-corrected chi connectivity index (χ0v) is 24.2. The first-order chi connectivity index (χ1) is 16.6. The Balaban J connectivity index is 3.87. The SMILES string of the molecule is CCCCCCCCCCCCCCCCCCC(COC(C)=O)C[N+](C)(C)CCOP(=O)(O)O. The fourth-order valence-corrected chi connectivity index (χ4v) is 4.96. The zero-order chi connectivity index (χ0) is 26.4. The van der Waals surface area contributed by atoms with Gasteiger partial charge < -0.3 is 19.0 Å². The number of ether oxygens (including phenoxy) is 1. The van der Waals surface area contributed by atoms with Crippen molar-refractivity contribution in [2.75, 3.05) is 40.4 Å². The molecule has 0 rings (SSSR count). The van der Waals surface area contributed by atoms with Crippen molar-refractivity contribution < 1.29 is 32.9 Å². The molecule has 7 nitrogen and oxygen atoms in total. The Morgan fingerprint density at radius 1 is 0.800 bits per heavy atom. The summed E-state index contributed by atoms with van der Waals surface area (Å²) in [6.45, 7) is 5.36. The van der Waals surface area contributed by atoms with Crippen LogP contribution in [-0.4, -0.2) is 60.6 Å². The molecule has 0 aromatic heterocycles. The normalized spacial score (nSPS) is 13.2. The molecule has 1 atom stereocenters. The average molecular weight is 523 g/mol. The van der Waals surface area contributed by atoms with E-state index in [1.165, 1.54) is 103 Å². The highest BCUT2D eigenvalue weighted by Gasteiger charge is 2.24. The predicted octanol–water partition coefficient (Wildman–Crippen LogP) is 7.00. The number of carbonyl (C=O) groups excluding carboxylic acids is 1. The van der Waals surface area contributed by atoms with Crippen LogP contribution in [-0.2, 0) is 18.6 Å². The first kappa shape index (κ1) is 34.5. The van der Waals surface area contributed by atoms with Crippen LogP contribution < -0.4 is 0 Å². The van der Waals surface area contributed by atoms with Crippen LogP contribution in [0.3, 0.4) is 0 Å². The van der Waals surface area contributed by atoms with Crippen LogP contribution in [0.4, 0.5) is 0 Å². The zero-order valence-electron chi connectivity index (χ0n) is 23.3. The summed E-state index contributed by atoms with van der Waals surface area (Å²) in [7, 11) is -0.416. The summed E-state index contributed by atoms with van der Waals surface area (Å²) in [6, 6.07) is 0. The molecule has 0 fully saturated rings. The fraction of sp³-hybridized carbons (Fsp3) is 0.963. The molecule has 0 radical (unpaired) electrons. The molecule has 0 spiro atoms. The highest BCUT2D eigenvalue weighted by molar-refractivity contribution is 7.46. The molecule has 0 aromatic carbocycles. The lowest BCUT2D eigenvalue weighted by molar-refractivity contribution is -0.893. The Morgan fingerprint density at radius 2 is 1.23 bits per heavy atom. The molecule has 0 aliphatic heterocycles. The van der Waals surface area contributed by atoms with Crippen molar-refractivity contribution in [3.05, 3.63) is 0 Å². The van der Waals surface area contributed by atoms with Gasteiger partial charge in [-0.25, -0.2) is 4.57 Å². The van der Waals surface area contributed by atoms with Crippen LogP contribution in [0.1, 0.15) is 123 Å². The number of nitrogens with zero attached hydrogens (tertiary/aromatic N) is 1. The average Bonchev–Trinajstić information content (AvgIpc) is 2.75. The monoisotopic (exact) mass is 522 g/mol. The van der Waals surface area contributed by atoms with Gasteiger partial charge in [0.1, 0.15) is 13.2 Å². The second kappa shape index (κ2) is 21.6. The summed E-state index contributed by atoms with van der Waals surface area (Å²) in [5, 5.41) is 0. The van der Waals surface area contributed by atoms with E-state index in [4.69, 9.17) is 14.5 Å². The number of carbonyl (C=O) groups is 1. The van der Waals surface area contributed by atoms with Crippen molar-refractivity contribution in [3.8, 4) is 0 Å². The minimum atomic E-state index is -4.44. The Labute approximate surface area is 216 Å². The minimum Gasteiger partial charge on any atom is -0.465 e. The molecule has 0 bridgehead atoms. The number of phosphoric ester groups is 1. The van der Waals surface area contributed by atoms with E-state index in [0.29, 0.717) is 17.6 Å². The summed E-state index contributed by atoms with van der Waals surface area (Å²) in [4.78, 5) is 29.0. The quantitative estimate of drug-likeness (QED) is 0.0580. The number of quaternary nitrogens is 1. The summed E-state index contributed by atoms with van der Waals surface area (Å²) < 4.78 is 21.3. The van der Waals surface area contributed by atoms with Crippen LogP contribution >= 0.6 is 7.82 Å². The highest BCUT2D eigenvalue weighted by Crippen LogP contribution is 2.35. The predicted molar refractivity (Wildman–Crippen MR) is 144 cm³/mol. The Hall–Kier alpha value is -0.460. The van der Waals surface area contributed by atoms with E-state index in [1.54, 1.807) is 0 Å². The van der Waals surface area contributed by atoms with Crippen molar-refractivity contribution in [2.45, 2.75) is 123 Å². The van der Waals surface area contributed by atoms with E-state index in [2.05, 4.69) is 11.4 Å². The second-order valence-electron chi connectivity index (χ2n) is 10.9. The lowest BCUT2D eigenvalue weighted by Crippen LogP contribution is -2.46. The maximum Gasteiger partial charge on any atom is 0.469 e. The molecule has 35 heavy (non-hydrogen) atoms. The molecular weight excluding hydrogens is 465 g/mol. The van der Waals surface area contributed by atoms with Gasteiger partial charge in [0.25, 0.3) is 0 Å². The highest BCUT2D eigenvalue weighted by atomic mass is 31.2. The second-order valence-corrected chi connectivity index (χ2v) is 12.2. The van der Waals surface area contributed by atoms with Crippen molar-refractivity contribution in [1.82, 2.24) is 0 Å². The van der Waals surface area contributed by atoms with Gasteiger partial charge in [-0.05, 0) is 6.42 Å². The molecule has 0 aliphatic rings. The molecule has 0 saturated carbocycles. The Kier molecular flexibility index (Phi) is 21.3. The van der Waals surface area contributed by atoms with Gasteiger partial charge in [0.15, 0.2) is 0 Å². The maximum absolute atomic E-state index is 11.3. The van der Waals surface area contributed by atoms with Crippen LogP contribution in [0.5, 0.6) is 0 Å². The molecule has 8 heteroatoms. The van der Waals surface area contributed by atoms with Gasteiger partial charge in [0.2, 0.25) is 0 Å². The largest absolute Gasteiger partial charge is 0.469 e.